The molecule has 112 valence electrons. The molecule has 0 fully saturated rings. The summed E-state index contributed by atoms with van der Waals surface area (Å²) in [5.74, 6) is -0.966. The highest BCUT2D eigenvalue weighted by atomic mass is 16.4. The quantitative estimate of drug-likeness (QED) is 0.756. The number of aliphatic carboxylic acids is 1. The van der Waals surface area contributed by atoms with Crippen molar-refractivity contribution >= 4 is 22.9 Å². The van der Waals surface area contributed by atoms with E-state index >= 15 is 0 Å². The molecule has 3 rings (SSSR count). The van der Waals surface area contributed by atoms with Gasteiger partial charge in [0.25, 0.3) is 0 Å². The normalized spacial score (nSPS) is 11.6. The van der Waals surface area contributed by atoms with E-state index in [1.165, 1.54) is 0 Å². The fraction of sp³-hybridized carbons (Fsp3) is 0.176. The summed E-state index contributed by atoms with van der Waals surface area (Å²) in [7, 11) is 3.88. The van der Waals surface area contributed by atoms with Crippen molar-refractivity contribution in [2.24, 2.45) is 14.1 Å². The van der Waals surface area contributed by atoms with Gasteiger partial charge < -0.3 is 9.67 Å². The van der Waals surface area contributed by atoms with Gasteiger partial charge in [0.15, 0.2) is 0 Å². The Kier molecular flexibility index (Phi) is 3.33. The van der Waals surface area contributed by atoms with Crippen molar-refractivity contribution in [1.29, 1.82) is 0 Å². The molecule has 3 aromatic rings. The van der Waals surface area contributed by atoms with Crippen molar-refractivity contribution in [3.63, 3.8) is 0 Å². The second-order valence-electron chi connectivity index (χ2n) is 5.31. The number of para-hydroxylation sites is 1. The number of hydrogen-bond donors (Lipinski definition) is 1. The van der Waals surface area contributed by atoms with E-state index in [1.807, 2.05) is 33.2 Å². The Morgan fingerprint density at radius 3 is 2.73 bits per heavy atom. The highest BCUT2D eigenvalue weighted by molar-refractivity contribution is 5.98. The van der Waals surface area contributed by atoms with Crippen LogP contribution in [0, 0.1) is 6.92 Å². The number of carboxylic acid groups (broad SMARTS) is 1. The Balaban J connectivity index is 2.29. The molecule has 0 aliphatic carbocycles. The van der Waals surface area contributed by atoms with Crippen molar-refractivity contribution in [2.75, 3.05) is 0 Å². The van der Waals surface area contributed by atoms with Gasteiger partial charge >= 0.3 is 5.97 Å². The monoisotopic (exact) mass is 295 g/mol. The first-order valence-corrected chi connectivity index (χ1v) is 6.98. The third-order valence-electron chi connectivity index (χ3n) is 3.81. The molecule has 0 saturated heterocycles. The lowest BCUT2D eigenvalue weighted by atomic mass is 10.0. The number of hydrogen-bond acceptors (Lipinski definition) is 2. The van der Waals surface area contributed by atoms with Crippen LogP contribution in [0.4, 0.5) is 0 Å². The molecule has 1 aromatic carbocycles. The van der Waals surface area contributed by atoms with Crippen LogP contribution in [-0.2, 0) is 18.9 Å². The molecular formula is C17H17N3O2. The number of aryl methyl sites for hydroxylation is 3. The van der Waals surface area contributed by atoms with Gasteiger partial charge in [-0.15, -0.1) is 0 Å². The van der Waals surface area contributed by atoms with Crippen LogP contribution in [0.5, 0.6) is 0 Å². The van der Waals surface area contributed by atoms with E-state index in [4.69, 9.17) is 5.11 Å². The molecular weight excluding hydrogens is 278 g/mol. The van der Waals surface area contributed by atoms with Crippen LogP contribution >= 0.6 is 0 Å². The average molecular weight is 295 g/mol. The Hall–Kier alpha value is -2.82. The molecule has 2 heterocycles. The third-order valence-corrected chi connectivity index (χ3v) is 3.81. The predicted octanol–water partition coefficient (Wildman–Crippen LogP) is 2.99. The zero-order chi connectivity index (χ0) is 15.9. The molecule has 22 heavy (non-hydrogen) atoms. The summed E-state index contributed by atoms with van der Waals surface area (Å²) >= 11 is 0. The highest BCUT2D eigenvalue weighted by Crippen LogP contribution is 2.33. The Labute approximate surface area is 128 Å². The number of rotatable bonds is 3. The first kappa shape index (κ1) is 14.1. The first-order chi connectivity index (χ1) is 10.5. The molecule has 0 saturated carbocycles. The van der Waals surface area contributed by atoms with Crippen LogP contribution < -0.4 is 0 Å². The number of benzene rings is 1. The second kappa shape index (κ2) is 5.18. The fourth-order valence-corrected chi connectivity index (χ4v) is 2.88. The number of carbonyl (C=O) groups is 1. The minimum absolute atomic E-state index is 0.808. The third kappa shape index (κ3) is 2.20. The topological polar surface area (TPSA) is 60.0 Å². The summed E-state index contributed by atoms with van der Waals surface area (Å²) < 4.78 is 3.87. The van der Waals surface area contributed by atoms with Crippen molar-refractivity contribution in [1.82, 2.24) is 14.3 Å². The van der Waals surface area contributed by atoms with Gasteiger partial charge in [0.1, 0.15) is 0 Å². The molecule has 0 atom stereocenters. The standard InChI is InChI=1S/C17H17N3O2/c1-11-12(8-9-16(21)22)17(20(3)18-11)14-10-19(2)15-7-5-4-6-13(14)15/h4-10H,1-3H3,(H,21,22)/b9-8+. The fourth-order valence-electron chi connectivity index (χ4n) is 2.88. The lowest BCUT2D eigenvalue weighted by molar-refractivity contribution is -0.131. The summed E-state index contributed by atoms with van der Waals surface area (Å²) in [5.41, 5.74) is 4.74. The van der Waals surface area contributed by atoms with Gasteiger partial charge in [-0.05, 0) is 19.1 Å². The van der Waals surface area contributed by atoms with E-state index in [0.717, 1.165) is 39.5 Å². The second-order valence-corrected chi connectivity index (χ2v) is 5.31. The molecule has 5 heteroatoms. The van der Waals surface area contributed by atoms with E-state index in [9.17, 15) is 4.79 Å². The first-order valence-electron chi connectivity index (χ1n) is 6.98. The maximum absolute atomic E-state index is 10.8. The van der Waals surface area contributed by atoms with Gasteiger partial charge in [-0.2, -0.15) is 5.10 Å². The summed E-state index contributed by atoms with van der Waals surface area (Å²) in [4.78, 5) is 10.8. The van der Waals surface area contributed by atoms with Crippen molar-refractivity contribution in [3.8, 4) is 11.3 Å². The molecule has 0 aliphatic heterocycles. The molecule has 0 radical (unpaired) electrons. The summed E-state index contributed by atoms with van der Waals surface area (Å²) in [6.45, 7) is 1.89. The number of fused-ring (bicyclic) bond motifs is 1. The van der Waals surface area contributed by atoms with E-state index in [1.54, 1.807) is 10.8 Å². The van der Waals surface area contributed by atoms with Gasteiger partial charge in [0.2, 0.25) is 0 Å². The largest absolute Gasteiger partial charge is 0.478 e. The van der Waals surface area contributed by atoms with Crippen molar-refractivity contribution in [3.05, 3.63) is 47.8 Å². The Bertz CT molecular complexity index is 900. The summed E-state index contributed by atoms with van der Waals surface area (Å²) in [6, 6.07) is 8.14. The minimum atomic E-state index is -0.966. The summed E-state index contributed by atoms with van der Waals surface area (Å²) in [5, 5.41) is 14.5. The highest BCUT2D eigenvalue weighted by Gasteiger charge is 2.17. The van der Waals surface area contributed by atoms with Gasteiger partial charge in [0, 0.05) is 48.4 Å². The van der Waals surface area contributed by atoms with Crippen LogP contribution in [0.15, 0.2) is 36.5 Å². The minimum Gasteiger partial charge on any atom is -0.478 e. The lowest BCUT2D eigenvalue weighted by Crippen LogP contribution is -1.94. The molecule has 0 spiro atoms. The maximum Gasteiger partial charge on any atom is 0.328 e. The number of aromatic nitrogens is 3. The van der Waals surface area contributed by atoms with Gasteiger partial charge in [-0.25, -0.2) is 4.79 Å². The molecule has 0 amide bonds. The molecule has 0 unspecified atom stereocenters. The van der Waals surface area contributed by atoms with Gasteiger partial charge in [0.05, 0.1) is 11.4 Å². The molecule has 0 bridgehead atoms. The van der Waals surface area contributed by atoms with Crippen LogP contribution in [0.3, 0.4) is 0 Å². The van der Waals surface area contributed by atoms with E-state index in [2.05, 4.69) is 28.0 Å². The smallest absolute Gasteiger partial charge is 0.328 e. The van der Waals surface area contributed by atoms with Gasteiger partial charge in [-0.1, -0.05) is 18.2 Å². The maximum atomic E-state index is 10.8. The van der Waals surface area contributed by atoms with E-state index < -0.39 is 5.97 Å². The molecule has 1 N–H and O–H groups in total. The lowest BCUT2D eigenvalue weighted by Gasteiger charge is -2.02. The van der Waals surface area contributed by atoms with Crippen LogP contribution in [0.1, 0.15) is 11.3 Å². The predicted molar refractivity (Wildman–Crippen MR) is 86.5 cm³/mol. The van der Waals surface area contributed by atoms with Crippen molar-refractivity contribution in [2.45, 2.75) is 6.92 Å². The average Bonchev–Trinajstić information content (AvgIpc) is 2.94. The number of carboxylic acids is 1. The van der Waals surface area contributed by atoms with Crippen LogP contribution in [-0.4, -0.2) is 25.4 Å². The Morgan fingerprint density at radius 2 is 2.00 bits per heavy atom. The zero-order valence-electron chi connectivity index (χ0n) is 12.7. The number of nitrogens with zero attached hydrogens (tertiary/aromatic N) is 3. The van der Waals surface area contributed by atoms with Gasteiger partial charge in [-0.3, -0.25) is 4.68 Å². The molecule has 5 nitrogen and oxygen atoms in total. The van der Waals surface area contributed by atoms with E-state index in [-0.39, 0.29) is 0 Å². The van der Waals surface area contributed by atoms with Crippen molar-refractivity contribution < 1.29 is 9.90 Å². The molecule has 2 aromatic heterocycles. The SMILES string of the molecule is Cc1nn(C)c(-c2cn(C)c3ccccc23)c1/C=C/C(=O)O. The summed E-state index contributed by atoms with van der Waals surface area (Å²) in [6.07, 6.45) is 4.82. The Morgan fingerprint density at radius 1 is 1.27 bits per heavy atom. The zero-order valence-corrected chi connectivity index (χ0v) is 12.7. The van der Waals surface area contributed by atoms with E-state index in [0.29, 0.717) is 0 Å². The molecule has 0 aliphatic rings. The van der Waals surface area contributed by atoms with Crippen LogP contribution in [0.25, 0.3) is 28.2 Å². The van der Waals surface area contributed by atoms with Crippen LogP contribution in [0.2, 0.25) is 0 Å².